The summed E-state index contributed by atoms with van der Waals surface area (Å²) in [6, 6.07) is -0.424. The Labute approximate surface area is 138 Å². The Morgan fingerprint density at radius 3 is 1.68 bits per heavy atom. The molecule has 0 aliphatic rings. The summed E-state index contributed by atoms with van der Waals surface area (Å²) >= 11 is 0. The van der Waals surface area contributed by atoms with Crippen LogP contribution in [0, 0.1) is 0 Å². The first-order valence-corrected chi connectivity index (χ1v) is 18.1. The smallest absolute Gasteiger partial charge is 0.309 e. The Morgan fingerprint density at radius 1 is 0.864 bits per heavy atom. The van der Waals surface area contributed by atoms with Crippen molar-refractivity contribution < 1.29 is 18.4 Å². The lowest BCUT2D eigenvalue weighted by Gasteiger charge is -2.28. The minimum Gasteiger partial charge on any atom is -0.520 e. The summed E-state index contributed by atoms with van der Waals surface area (Å²) < 4.78 is 11.0. The van der Waals surface area contributed by atoms with Gasteiger partial charge in [-0.05, 0) is 45.7 Å². The molecule has 0 amide bonds. The maximum atomic E-state index is 12.4. The third-order valence-electron chi connectivity index (χ3n) is 2.36. The highest BCUT2D eigenvalue weighted by molar-refractivity contribution is 6.74. The molecule has 0 saturated carbocycles. The fourth-order valence-electron chi connectivity index (χ4n) is 1.80. The fourth-order valence-corrected chi connectivity index (χ4v) is 4.64. The van der Waals surface area contributed by atoms with Crippen molar-refractivity contribution in [3.63, 3.8) is 0 Å². The van der Waals surface area contributed by atoms with E-state index in [-0.39, 0.29) is 18.4 Å². The first-order valence-electron chi connectivity index (χ1n) is 7.81. The third kappa shape index (κ3) is 12.1. The molecule has 0 aromatic rings. The van der Waals surface area contributed by atoms with E-state index >= 15 is 0 Å². The van der Waals surface area contributed by atoms with Crippen LogP contribution in [0.2, 0.25) is 58.9 Å². The van der Waals surface area contributed by atoms with E-state index in [1.165, 1.54) is 0 Å². The van der Waals surface area contributed by atoms with Crippen LogP contribution in [0.15, 0.2) is 0 Å². The van der Waals surface area contributed by atoms with Gasteiger partial charge in [-0.2, -0.15) is 0 Å². The van der Waals surface area contributed by atoms with Gasteiger partial charge in [-0.3, -0.25) is 9.59 Å². The van der Waals surface area contributed by atoms with Gasteiger partial charge in [0.2, 0.25) is 16.6 Å². The van der Waals surface area contributed by atoms with Crippen molar-refractivity contribution in [1.29, 1.82) is 0 Å². The summed E-state index contributed by atoms with van der Waals surface area (Å²) in [5.74, 6) is -0.454. The fraction of sp³-hybridized carbons (Fsp3) is 0.857. The van der Waals surface area contributed by atoms with E-state index in [1.807, 2.05) is 39.3 Å². The Kier molecular flexibility index (Phi) is 7.73. The minimum atomic E-state index is -1.94. The predicted octanol–water partition coefficient (Wildman–Crippen LogP) is 3.32. The molecular formula is C14H33NO4Si3. The lowest BCUT2D eigenvalue weighted by atomic mass is 11.1. The van der Waals surface area contributed by atoms with E-state index < -0.39 is 30.9 Å². The molecule has 8 heteroatoms. The highest BCUT2D eigenvalue weighted by Gasteiger charge is 2.31. The molecule has 0 fully saturated rings. The van der Waals surface area contributed by atoms with E-state index in [0.717, 1.165) is 0 Å². The van der Waals surface area contributed by atoms with Gasteiger partial charge < -0.3 is 13.8 Å². The van der Waals surface area contributed by atoms with Gasteiger partial charge in [0.25, 0.3) is 5.97 Å². The predicted molar refractivity (Wildman–Crippen MR) is 98.4 cm³/mol. The molecule has 0 aromatic carbocycles. The van der Waals surface area contributed by atoms with Gasteiger partial charge in [-0.15, -0.1) is 0 Å². The Bertz CT molecular complexity index is 394. The van der Waals surface area contributed by atoms with Gasteiger partial charge >= 0.3 is 5.97 Å². The molecule has 5 nitrogen and oxygen atoms in total. The lowest BCUT2D eigenvalue weighted by Crippen LogP contribution is -2.53. The average Bonchev–Trinajstić information content (AvgIpc) is 2.17. The number of carbonyl (C=O) groups excluding carboxylic acids is 2. The van der Waals surface area contributed by atoms with E-state index in [2.05, 4.69) is 24.6 Å². The Hall–Kier alpha value is -0.449. The molecule has 0 radical (unpaired) electrons. The van der Waals surface area contributed by atoms with Gasteiger partial charge in [-0.1, -0.05) is 19.6 Å². The Balaban J connectivity index is 4.75. The molecule has 22 heavy (non-hydrogen) atoms. The molecule has 1 unspecified atom stereocenters. The summed E-state index contributed by atoms with van der Waals surface area (Å²) in [5, 5.41) is 0. The second-order valence-electron chi connectivity index (χ2n) is 8.61. The Morgan fingerprint density at radius 2 is 1.32 bits per heavy atom. The number of nitrogens with one attached hydrogen (secondary N) is 1. The number of hydrogen-bond donors (Lipinski definition) is 1. The zero-order valence-corrected chi connectivity index (χ0v) is 18.6. The molecule has 0 aromatic heterocycles. The van der Waals surface area contributed by atoms with Crippen LogP contribution in [0.25, 0.3) is 0 Å². The van der Waals surface area contributed by atoms with Gasteiger partial charge in [0, 0.05) is 6.42 Å². The minimum absolute atomic E-state index is 0.220. The third-order valence-corrected chi connectivity index (χ3v) is 5.22. The molecule has 0 aliphatic carbocycles. The molecule has 0 bridgehead atoms. The van der Waals surface area contributed by atoms with Crippen LogP contribution in [0.1, 0.15) is 12.8 Å². The average molecular weight is 370 g/mol. The molecular weight excluding hydrogens is 336 g/mol. The number of rotatable bonds is 8. The van der Waals surface area contributed by atoms with Crippen molar-refractivity contribution >= 4 is 36.8 Å². The largest absolute Gasteiger partial charge is 0.520 e. The van der Waals surface area contributed by atoms with Crippen molar-refractivity contribution in [3.8, 4) is 0 Å². The highest BCUT2D eigenvalue weighted by atomic mass is 28.4. The van der Waals surface area contributed by atoms with Crippen molar-refractivity contribution in [1.82, 2.24) is 4.98 Å². The quantitative estimate of drug-likeness (QED) is 0.404. The zero-order valence-electron chi connectivity index (χ0n) is 15.6. The van der Waals surface area contributed by atoms with Crippen LogP contribution in [-0.4, -0.2) is 42.9 Å². The standard InChI is InChI=1S/C14H33NO4Si3/c1-20(2,3)15-12(14(17)19-22(7,8)9)10-11-13(16)18-21(4,5)6/h12,15H,10-11H2,1-9H3/i10+1,11+1,12+1,13+1,14+1,15+1. The van der Waals surface area contributed by atoms with Crippen molar-refractivity contribution in [2.45, 2.75) is 77.8 Å². The van der Waals surface area contributed by atoms with Crippen molar-refractivity contribution in [3.05, 3.63) is 0 Å². The second-order valence-corrected chi connectivity index (χ2v) is 22.3. The number of hydrogen-bond acceptors (Lipinski definition) is 5. The van der Waals surface area contributed by atoms with Gasteiger partial charge in [-0.25, -0.2) is 0 Å². The van der Waals surface area contributed by atoms with Crippen LogP contribution in [0.3, 0.4) is 0 Å². The van der Waals surface area contributed by atoms with Crippen LogP contribution < -0.4 is 4.98 Å². The maximum absolute atomic E-state index is 12.4. The monoisotopic (exact) mass is 369 g/mol. The summed E-state index contributed by atoms with van der Waals surface area (Å²) in [5.41, 5.74) is 0. The molecule has 1 atom stereocenters. The number of carbonyl (C=O) groups is 2. The maximum Gasteiger partial charge on any atom is 0.309 e. The molecule has 0 heterocycles. The first-order chi connectivity index (χ1) is 9.59. The van der Waals surface area contributed by atoms with Gasteiger partial charge in [0.05, 0.1) is 6.04 Å². The van der Waals surface area contributed by atoms with Crippen molar-refractivity contribution in [2.75, 3.05) is 0 Å². The molecule has 1 N–H and O–H groups in total. The SMILES string of the molecule is C[Si](C)(C)[15NH][13CH]([13CH2][13CH2][13C](=O)O[Si](C)(C)C)[13C](=O)O[Si](C)(C)C. The highest BCUT2D eigenvalue weighted by Crippen LogP contribution is 2.12. The van der Waals surface area contributed by atoms with Crippen LogP contribution >= 0.6 is 0 Å². The van der Waals surface area contributed by atoms with Crippen molar-refractivity contribution in [2.24, 2.45) is 0 Å². The van der Waals surface area contributed by atoms with Crippen LogP contribution in [-0.2, 0) is 18.4 Å². The molecule has 130 valence electrons. The molecule has 0 spiro atoms. The molecule has 0 saturated heterocycles. The summed E-state index contributed by atoms with van der Waals surface area (Å²) in [7, 11) is -5.47. The summed E-state index contributed by atoms with van der Waals surface area (Å²) in [6.07, 6.45) is 0.671. The van der Waals surface area contributed by atoms with Crippen LogP contribution in [0.5, 0.6) is 0 Å². The van der Waals surface area contributed by atoms with Gasteiger partial charge in [0.1, 0.15) is 8.24 Å². The van der Waals surface area contributed by atoms with E-state index in [9.17, 15) is 9.59 Å². The summed E-state index contributed by atoms with van der Waals surface area (Å²) in [4.78, 5) is 27.6. The van der Waals surface area contributed by atoms with Crippen LogP contribution in [0.4, 0.5) is 0 Å². The van der Waals surface area contributed by atoms with E-state index in [1.54, 1.807) is 0 Å². The first kappa shape index (κ1) is 21.6. The van der Waals surface area contributed by atoms with Gasteiger partial charge in [0.15, 0.2) is 0 Å². The molecule has 0 rings (SSSR count). The summed E-state index contributed by atoms with van der Waals surface area (Å²) in [6.45, 7) is 18.3. The lowest BCUT2D eigenvalue weighted by molar-refractivity contribution is -0.138. The molecule has 0 aliphatic heterocycles. The zero-order chi connectivity index (χ0) is 17.8. The van der Waals surface area contributed by atoms with E-state index in [4.69, 9.17) is 8.85 Å². The van der Waals surface area contributed by atoms with E-state index in [0.29, 0.717) is 6.42 Å². The topological polar surface area (TPSA) is 64.6 Å². The second kappa shape index (κ2) is 7.89. The normalized spacial score (nSPS) is 14.4.